The van der Waals surface area contributed by atoms with Crippen LogP contribution in [-0.2, 0) is 4.74 Å². The lowest BCUT2D eigenvalue weighted by Crippen LogP contribution is -2.48. The van der Waals surface area contributed by atoms with Crippen LogP contribution in [0.15, 0.2) is 30.3 Å². The molecule has 0 spiro atoms. The van der Waals surface area contributed by atoms with Gasteiger partial charge in [-0.25, -0.2) is 4.79 Å². The van der Waals surface area contributed by atoms with E-state index >= 15 is 0 Å². The topological polar surface area (TPSA) is 44.8 Å². The number of urea groups is 1. The van der Waals surface area contributed by atoms with E-state index in [2.05, 4.69) is 22.3 Å². The molecule has 0 bridgehead atoms. The van der Waals surface area contributed by atoms with E-state index in [4.69, 9.17) is 4.74 Å². The van der Waals surface area contributed by atoms with Crippen LogP contribution in [0.3, 0.4) is 0 Å². The summed E-state index contributed by atoms with van der Waals surface area (Å²) in [7, 11) is 1.74. The number of hydrogen-bond acceptors (Lipinski definition) is 3. The molecule has 25 heavy (non-hydrogen) atoms. The fraction of sp³-hybridized carbons (Fsp3) is 0.650. The Balaban J connectivity index is 1.63. The van der Waals surface area contributed by atoms with E-state index in [1.807, 2.05) is 23.1 Å². The number of ether oxygens (including phenoxy) is 1. The van der Waals surface area contributed by atoms with Crippen molar-refractivity contribution in [1.82, 2.24) is 15.1 Å². The van der Waals surface area contributed by atoms with Crippen LogP contribution in [0.4, 0.5) is 4.79 Å². The highest BCUT2D eigenvalue weighted by Crippen LogP contribution is 2.20. The molecule has 0 saturated carbocycles. The second kappa shape index (κ2) is 9.20. The molecular weight excluding hydrogens is 314 g/mol. The Labute approximate surface area is 151 Å². The molecule has 0 radical (unpaired) electrons. The zero-order valence-electron chi connectivity index (χ0n) is 15.3. The highest BCUT2D eigenvalue weighted by atomic mass is 16.5. The molecule has 0 aromatic heterocycles. The van der Waals surface area contributed by atoms with Crippen molar-refractivity contribution in [1.29, 1.82) is 0 Å². The number of likely N-dealkylation sites (tertiary alicyclic amines) is 2. The number of benzene rings is 1. The molecule has 1 aromatic carbocycles. The number of rotatable bonds is 6. The van der Waals surface area contributed by atoms with Crippen LogP contribution in [0.5, 0.6) is 0 Å². The van der Waals surface area contributed by atoms with Gasteiger partial charge in [0.15, 0.2) is 0 Å². The lowest BCUT2D eigenvalue weighted by molar-refractivity contribution is 0.0990. The van der Waals surface area contributed by atoms with Gasteiger partial charge in [-0.2, -0.15) is 0 Å². The van der Waals surface area contributed by atoms with E-state index in [0.717, 1.165) is 52.2 Å². The SMILES string of the molecule is COC[C@H]1CCCN(C(=O)N[C@H](CN2CCCC2)c2ccccc2)C1. The lowest BCUT2D eigenvalue weighted by Gasteiger charge is -2.34. The summed E-state index contributed by atoms with van der Waals surface area (Å²) in [6, 6.07) is 10.5. The molecule has 1 N–H and O–H groups in total. The summed E-state index contributed by atoms with van der Waals surface area (Å²) in [6.07, 6.45) is 4.73. The van der Waals surface area contributed by atoms with Gasteiger partial charge in [0.25, 0.3) is 0 Å². The van der Waals surface area contributed by atoms with Gasteiger partial charge in [0.05, 0.1) is 12.6 Å². The van der Waals surface area contributed by atoms with Crippen molar-refractivity contribution in [3.8, 4) is 0 Å². The molecule has 2 heterocycles. The molecule has 2 amide bonds. The second-order valence-corrected chi connectivity index (χ2v) is 7.33. The molecule has 0 unspecified atom stereocenters. The summed E-state index contributed by atoms with van der Waals surface area (Å²) in [5, 5.41) is 3.30. The van der Waals surface area contributed by atoms with Gasteiger partial charge in [-0.15, -0.1) is 0 Å². The third-order valence-electron chi connectivity index (χ3n) is 5.35. The lowest BCUT2D eigenvalue weighted by atomic mass is 9.99. The molecule has 2 saturated heterocycles. The maximum atomic E-state index is 12.9. The van der Waals surface area contributed by atoms with E-state index < -0.39 is 0 Å². The van der Waals surface area contributed by atoms with Crippen molar-refractivity contribution in [2.75, 3.05) is 46.4 Å². The summed E-state index contributed by atoms with van der Waals surface area (Å²) < 4.78 is 5.28. The predicted molar refractivity (Wildman–Crippen MR) is 99.6 cm³/mol. The highest BCUT2D eigenvalue weighted by Gasteiger charge is 2.26. The Kier molecular flexibility index (Phi) is 6.70. The first-order valence-electron chi connectivity index (χ1n) is 9.58. The van der Waals surface area contributed by atoms with Crippen molar-refractivity contribution < 1.29 is 9.53 Å². The molecule has 1 aromatic rings. The number of nitrogens with zero attached hydrogens (tertiary/aromatic N) is 2. The molecule has 138 valence electrons. The average Bonchev–Trinajstić information content (AvgIpc) is 3.15. The Morgan fingerprint density at radius 3 is 2.68 bits per heavy atom. The smallest absolute Gasteiger partial charge is 0.317 e. The number of carbonyl (C=O) groups is 1. The van der Waals surface area contributed by atoms with Crippen LogP contribution < -0.4 is 5.32 Å². The molecule has 2 atom stereocenters. The molecule has 2 fully saturated rings. The average molecular weight is 345 g/mol. The van der Waals surface area contributed by atoms with Gasteiger partial charge in [0.1, 0.15) is 0 Å². The fourth-order valence-corrected chi connectivity index (χ4v) is 4.00. The first-order valence-corrected chi connectivity index (χ1v) is 9.58. The van der Waals surface area contributed by atoms with Crippen molar-refractivity contribution in [3.63, 3.8) is 0 Å². The van der Waals surface area contributed by atoms with E-state index in [0.29, 0.717) is 5.92 Å². The third-order valence-corrected chi connectivity index (χ3v) is 5.35. The first-order chi connectivity index (χ1) is 12.3. The standard InChI is InChI=1S/C20H31N3O2/c1-25-16-17-8-7-13-23(14-17)20(24)21-19(15-22-11-5-6-12-22)18-9-3-2-4-10-18/h2-4,9-10,17,19H,5-8,11-16H2,1H3,(H,21,24)/t17-,19+/m0/s1. The van der Waals surface area contributed by atoms with Gasteiger partial charge in [-0.3, -0.25) is 0 Å². The minimum Gasteiger partial charge on any atom is -0.384 e. The second-order valence-electron chi connectivity index (χ2n) is 7.33. The molecule has 2 aliphatic heterocycles. The minimum atomic E-state index is 0.0506. The van der Waals surface area contributed by atoms with Gasteiger partial charge in [-0.1, -0.05) is 30.3 Å². The zero-order chi connectivity index (χ0) is 17.5. The van der Waals surface area contributed by atoms with Crippen molar-refractivity contribution >= 4 is 6.03 Å². The summed E-state index contributed by atoms with van der Waals surface area (Å²) in [5.41, 5.74) is 1.19. The van der Waals surface area contributed by atoms with E-state index in [1.54, 1.807) is 7.11 Å². The van der Waals surface area contributed by atoms with Crippen LogP contribution in [0, 0.1) is 5.92 Å². The summed E-state index contributed by atoms with van der Waals surface area (Å²) in [4.78, 5) is 17.3. The van der Waals surface area contributed by atoms with E-state index in [9.17, 15) is 4.79 Å². The van der Waals surface area contributed by atoms with Crippen molar-refractivity contribution in [2.45, 2.75) is 31.7 Å². The molecule has 3 rings (SSSR count). The van der Waals surface area contributed by atoms with Crippen LogP contribution in [0.1, 0.15) is 37.3 Å². The third kappa shape index (κ3) is 5.19. The normalized spacial score (nSPS) is 22.8. The minimum absolute atomic E-state index is 0.0506. The van der Waals surface area contributed by atoms with Gasteiger partial charge in [-0.05, 0) is 44.3 Å². The summed E-state index contributed by atoms with van der Waals surface area (Å²) in [6.45, 7) is 5.55. The van der Waals surface area contributed by atoms with Crippen LogP contribution >= 0.6 is 0 Å². The Morgan fingerprint density at radius 2 is 1.96 bits per heavy atom. The first kappa shape index (κ1) is 18.2. The number of nitrogens with one attached hydrogen (secondary N) is 1. The molecule has 5 nitrogen and oxygen atoms in total. The quantitative estimate of drug-likeness (QED) is 0.862. The van der Waals surface area contributed by atoms with E-state index in [-0.39, 0.29) is 12.1 Å². The number of piperidine rings is 1. The van der Waals surface area contributed by atoms with Crippen molar-refractivity contribution in [3.05, 3.63) is 35.9 Å². The van der Waals surface area contributed by atoms with Gasteiger partial charge < -0.3 is 19.9 Å². The van der Waals surface area contributed by atoms with Crippen LogP contribution in [-0.4, -0.2) is 62.3 Å². The maximum Gasteiger partial charge on any atom is 0.317 e. The Morgan fingerprint density at radius 1 is 1.20 bits per heavy atom. The monoisotopic (exact) mass is 345 g/mol. The number of hydrogen-bond donors (Lipinski definition) is 1. The van der Waals surface area contributed by atoms with Crippen molar-refractivity contribution in [2.24, 2.45) is 5.92 Å². The Bertz CT molecular complexity index is 529. The van der Waals surface area contributed by atoms with Crippen LogP contribution in [0.25, 0.3) is 0 Å². The van der Waals surface area contributed by atoms with E-state index in [1.165, 1.54) is 18.4 Å². The Hall–Kier alpha value is -1.59. The largest absolute Gasteiger partial charge is 0.384 e. The molecule has 2 aliphatic rings. The van der Waals surface area contributed by atoms with Gasteiger partial charge in [0, 0.05) is 32.7 Å². The number of amides is 2. The van der Waals surface area contributed by atoms with Gasteiger partial charge >= 0.3 is 6.03 Å². The number of methoxy groups -OCH3 is 1. The molecular formula is C20H31N3O2. The maximum absolute atomic E-state index is 12.9. The highest BCUT2D eigenvalue weighted by molar-refractivity contribution is 5.75. The number of carbonyl (C=O) groups excluding carboxylic acids is 1. The zero-order valence-corrected chi connectivity index (χ0v) is 15.3. The van der Waals surface area contributed by atoms with Gasteiger partial charge in [0.2, 0.25) is 0 Å². The predicted octanol–water partition coefficient (Wildman–Crippen LogP) is 2.89. The molecule has 5 heteroatoms. The molecule has 0 aliphatic carbocycles. The summed E-state index contributed by atoms with van der Waals surface area (Å²) >= 11 is 0. The van der Waals surface area contributed by atoms with Crippen LogP contribution in [0.2, 0.25) is 0 Å². The fourth-order valence-electron chi connectivity index (χ4n) is 4.00. The summed E-state index contributed by atoms with van der Waals surface area (Å²) in [5.74, 6) is 0.457.